The molecular formula is C29H29NO5. The van der Waals surface area contributed by atoms with Crippen LogP contribution in [0.2, 0.25) is 0 Å². The van der Waals surface area contributed by atoms with Gasteiger partial charge in [-0.25, -0.2) is 14.6 Å². The molecule has 4 aliphatic carbocycles. The van der Waals surface area contributed by atoms with Crippen molar-refractivity contribution in [3.05, 3.63) is 70.9 Å². The molecule has 5 aliphatic rings. The molecule has 180 valence electrons. The third kappa shape index (κ3) is 4.26. The second-order valence-electron chi connectivity index (χ2n) is 10.6. The fourth-order valence-electron chi connectivity index (χ4n) is 6.85. The van der Waals surface area contributed by atoms with Gasteiger partial charge in [-0.1, -0.05) is 24.3 Å². The monoisotopic (exact) mass is 471 g/mol. The first kappa shape index (κ1) is 22.1. The van der Waals surface area contributed by atoms with Crippen LogP contribution < -0.4 is 4.74 Å². The Morgan fingerprint density at radius 3 is 2.23 bits per heavy atom. The Morgan fingerprint density at radius 1 is 1.00 bits per heavy atom. The minimum Gasteiger partial charge on any atom is -0.489 e. The summed E-state index contributed by atoms with van der Waals surface area (Å²) >= 11 is 0. The molecule has 6 nitrogen and oxygen atoms in total. The van der Waals surface area contributed by atoms with Crippen LogP contribution in [0.3, 0.4) is 0 Å². The van der Waals surface area contributed by atoms with Gasteiger partial charge in [-0.3, -0.25) is 0 Å². The van der Waals surface area contributed by atoms with E-state index in [4.69, 9.17) is 19.2 Å². The Balaban J connectivity index is 1.12. The molecular weight excluding hydrogens is 442 g/mol. The third-order valence-corrected chi connectivity index (χ3v) is 8.08. The van der Waals surface area contributed by atoms with E-state index in [2.05, 4.69) is 0 Å². The van der Waals surface area contributed by atoms with E-state index in [1.165, 1.54) is 26.4 Å². The van der Waals surface area contributed by atoms with Gasteiger partial charge in [-0.2, -0.15) is 0 Å². The normalized spacial score (nSPS) is 29.7. The number of benzene rings is 2. The van der Waals surface area contributed by atoms with Crippen LogP contribution in [-0.4, -0.2) is 24.9 Å². The van der Waals surface area contributed by atoms with E-state index in [1.807, 2.05) is 36.4 Å². The lowest BCUT2D eigenvalue weighted by Gasteiger charge is -2.55. The molecule has 0 amide bonds. The molecule has 0 spiro atoms. The van der Waals surface area contributed by atoms with E-state index in [0.717, 1.165) is 53.9 Å². The lowest BCUT2D eigenvalue weighted by molar-refractivity contribution is -0.131. The number of carbonyl (C=O) groups is 2. The molecule has 0 unspecified atom stereocenters. The SMILES string of the molecule is COC(=O)c1ccc(COc2ccc(C=C3N=C(C45CC6CC(CC(C6)C4)C5)OC3=O)cc2)cc1. The molecule has 1 heterocycles. The van der Waals surface area contributed by atoms with Crippen LogP contribution in [0.25, 0.3) is 6.08 Å². The minimum atomic E-state index is -0.359. The summed E-state index contributed by atoms with van der Waals surface area (Å²) in [7, 11) is 1.36. The number of nitrogens with zero attached hydrogens (tertiary/aromatic N) is 1. The van der Waals surface area contributed by atoms with Crippen LogP contribution in [0, 0.1) is 23.2 Å². The first-order valence-corrected chi connectivity index (χ1v) is 12.4. The molecule has 7 rings (SSSR count). The summed E-state index contributed by atoms with van der Waals surface area (Å²) in [5.41, 5.74) is 2.70. The topological polar surface area (TPSA) is 74.2 Å². The van der Waals surface area contributed by atoms with Gasteiger partial charge in [0.2, 0.25) is 5.90 Å². The van der Waals surface area contributed by atoms with Gasteiger partial charge in [-0.15, -0.1) is 0 Å². The molecule has 35 heavy (non-hydrogen) atoms. The van der Waals surface area contributed by atoms with Gasteiger partial charge < -0.3 is 14.2 Å². The van der Waals surface area contributed by atoms with Gasteiger partial charge >= 0.3 is 11.9 Å². The van der Waals surface area contributed by atoms with Crippen LogP contribution in [0.15, 0.2) is 59.2 Å². The number of esters is 2. The molecule has 4 saturated carbocycles. The fourth-order valence-corrected chi connectivity index (χ4v) is 6.85. The summed E-state index contributed by atoms with van der Waals surface area (Å²) in [5.74, 6) is 3.01. The molecule has 2 aromatic rings. The first-order valence-electron chi connectivity index (χ1n) is 12.4. The predicted octanol–water partition coefficient (Wildman–Crippen LogP) is 5.56. The molecule has 0 radical (unpaired) electrons. The zero-order valence-electron chi connectivity index (χ0n) is 19.9. The van der Waals surface area contributed by atoms with Crippen molar-refractivity contribution in [2.45, 2.75) is 45.1 Å². The summed E-state index contributed by atoms with van der Waals surface area (Å²) in [4.78, 5) is 28.9. The number of ether oxygens (including phenoxy) is 3. The van der Waals surface area contributed by atoms with Gasteiger partial charge in [0, 0.05) is 5.41 Å². The zero-order chi connectivity index (χ0) is 24.0. The Kier molecular flexibility index (Phi) is 5.47. The standard InChI is InChI=1S/C29H29NO5/c1-33-26(31)23-6-2-19(3-7-23)17-34-24-8-4-18(5-9-24)13-25-27(32)35-28(30-25)29-14-20-10-21(15-29)12-22(11-20)16-29/h2-9,13,20-22H,10-12,14-17H2,1H3. The van der Waals surface area contributed by atoms with Crippen molar-refractivity contribution in [1.82, 2.24) is 0 Å². The lowest BCUT2D eigenvalue weighted by Crippen LogP contribution is -2.50. The second kappa shape index (κ2) is 8.67. The van der Waals surface area contributed by atoms with Gasteiger partial charge in [0.1, 0.15) is 12.4 Å². The Hall–Kier alpha value is -3.41. The van der Waals surface area contributed by atoms with E-state index in [0.29, 0.717) is 23.8 Å². The molecule has 2 aromatic carbocycles. The molecule has 0 saturated heterocycles. The van der Waals surface area contributed by atoms with Crippen molar-refractivity contribution in [3.8, 4) is 5.75 Å². The Bertz CT molecular complexity index is 1170. The number of methoxy groups -OCH3 is 1. The summed E-state index contributed by atoms with van der Waals surface area (Å²) in [6.45, 7) is 0.382. The van der Waals surface area contributed by atoms with Crippen molar-refractivity contribution in [2.75, 3.05) is 7.11 Å². The average Bonchev–Trinajstić information content (AvgIpc) is 3.23. The van der Waals surface area contributed by atoms with Gasteiger partial charge in [-0.05, 0) is 97.7 Å². The van der Waals surface area contributed by atoms with E-state index < -0.39 is 0 Å². The van der Waals surface area contributed by atoms with Crippen molar-refractivity contribution >= 4 is 23.9 Å². The molecule has 0 N–H and O–H groups in total. The van der Waals surface area contributed by atoms with E-state index in [9.17, 15) is 9.59 Å². The van der Waals surface area contributed by atoms with E-state index in [1.54, 1.807) is 18.2 Å². The van der Waals surface area contributed by atoms with Gasteiger partial charge in [0.15, 0.2) is 5.70 Å². The second-order valence-corrected chi connectivity index (χ2v) is 10.6. The van der Waals surface area contributed by atoms with Crippen molar-refractivity contribution in [3.63, 3.8) is 0 Å². The lowest BCUT2D eigenvalue weighted by atomic mass is 9.49. The number of rotatable bonds is 6. The Morgan fingerprint density at radius 2 is 1.63 bits per heavy atom. The van der Waals surface area contributed by atoms with Gasteiger partial charge in [0.25, 0.3) is 0 Å². The highest BCUT2D eigenvalue weighted by molar-refractivity contribution is 6.09. The van der Waals surface area contributed by atoms with Crippen molar-refractivity contribution in [1.29, 1.82) is 0 Å². The largest absolute Gasteiger partial charge is 0.489 e. The van der Waals surface area contributed by atoms with E-state index >= 15 is 0 Å². The maximum atomic E-state index is 12.6. The first-order chi connectivity index (χ1) is 17.0. The van der Waals surface area contributed by atoms with Gasteiger partial charge in [0.05, 0.1) is 12.7 Å². The maximum absolute atomic E-state index is 12.6. The molecule has 0 atom stereocenters. The number of hydrogen-bond acceptors (Lipinski definition) is 6. The predicted molar refractivity (Wildman–Crippen MR) is 131 cm³/mol. The molecule has 4 fully saturated rings. The zero-order valence-corrected chi connectivity index (χ0v) is 19.9. The minimum absolute atomic E-state index is 0.0211. The summed E-state index contributed by atoms with van der Waals surface area (Å²) < 4.78 is 16.3. The Labute approximate surface area is 205 Å². The molecule has 1 aliphatic heterocycles. The summed E-state index contributed by atoms with van der Waals surface area (Å²) in [6, 6.07) is 14.7. The molecule has 0 aromatic heterocycles. The van der Waals surface area contributed by atoms with Crippen LogP contribution in [0.4, 0.5) is 0 Å². The smallest absolute Gasteiger partial charge is 0.363 e. The third-order valence-electron chi connectivity index (χ3n) is 8.08. The van der Waals surface area contributed by atoms with Crippen LogP contribution in [0.1, 0.15) is 60.0 Å². The number of cyclic esters (lactones) is 1. The van der Waals surface area contributed by atoms with Crippen LogP contribution in [0.5, 0.6) is 5.75 Å². The van der Waals surface area contributed by atoms with Crippen LogP contribution >= 0.6 is 0 Å². The van der Waals surface area contributed by atoms with Crippen molar-refractivity contribution < 1.29 is 23.8 Å². The highest BCUT2D eigenvalue weighted by Crippen LogP contribution is 2.61. The van der Waals surface area contributed by atoms with Crippen LogP contribution in [-0.2, 0) is 20.9 Å². The van der Waals surface area contributed by atoms with E-state index in [-0.39, 0.29) is 17.4 Å². The number of hydrogen-bond donors (Lipinski definition) is 0. The quantitative estimate of drug-likeness (QED) is 0.407. The summed E-state index contributed by atoms with van der Waals surface area (Å²) in [5, 5.41) is 0. The maximum Gasteiger partial charge on any atom is 0.363 e. The fraction of sp³-hybridized carbons (Fsp3) is 0.414. The average molecular weight is 472 g/mol. The molecule has 4 bridgehead atoms. The number of aliphatic imine (C=N–C) groups is 1. The number of carbonyl (C=O) groups excluding carboxylic acids is 2. The van der Waals surface area contributed by atoms with Crippen molar-refractivity contribution in [2.24, 2.45) is 28.2 Å². The summed E-state index contributed by atoms with van der Waals surface area (Å²) in [6.07, 6.45) is 9.19. The highest BCUT2D eigenvalue weighted by atomic mass is 16.6. The molecule has 6 heteroatoms. The highest BCUT2D eigenvalue weighted by Gasteiger charge is 2.55.